The fourth-order valence-electron chi connectivity index (χ4n) is 5.98. The van der Waals surface area contributed by atoms with Gasteiger partial charge in [0.15, 0.2) is 0 Å². The van der Waals surface area contributed by atoms with Gasteiger partial charge in [0.05, 0.1) is 31.0 Å². The third-order valence-corrected chi connectivity index (χ3v) is 9.05. The molecule has 250 valence electrons. The second-order valence-electron chi connectivity index (χ2n) is 11.7. The molecule has 11 heteroatoms. The molecule has 1 aliphatic heterocycles. The van der Waals surface area contributed by atoms with Crippen LogP contribution in [0.2, 0.25) is 5.02 Å². The number of likely N-dealkylation sites (tertiary alicyclic amines) is 1. The number of hydrogen-bond donors (Lipinski definition) is 1. The van der Waals surface area contributed by atoms with Crippen molar-refractivity contribution in [1.82, 2.24) is 14.9 Å². The third-order valence-electron chi connectivity index (χ3n) is 8.72. The lowest BCUT2D eigenvalue weighted by atomic mass is 9.94. The minimum absolute atomic E-state index is 0.130. The highest BCUT2D eigenvalue weighted by Gasteiger charge is 2.29. The van der Waals surface area contributed by atoms with E-state index in [-0.39, 0.29) is 23.3 Å². The van der Waals surface area contributed by atoms with Gasteiger partial charge in [-0.1, -0.05) is 42.3 Å². The molecule has 3 heterocycles. The topological polar surface area (TPSA) is 135 Å². The second-order valence-corrected chi connectivity index (χ2v) is 12.1. The van der Waals surface area contributed by atoms with Crippen molar-refractivity contribution < 1.29 is 23.9 Å². The zero-order valence-corrected chi connectivity index (χ0v) is 28.5. The molecule has 10 nitrogen and oxygen atoms in total. The van der Waals surface area contributed by atoms with Crippen molar-refractivity contribution in [3.63, 3.8) is 0 Å². The number of pyridine rings is 2. The van der Waals surface area contributed by atoms with Gasteiger partial charge < -0.3 is 14.8 Å². The lowest BCUT2D eigenvalue weighted by Gasteiger charge is -2.34. The summed E-state index contributed by atoms with van der Waals surface area (Å²) >= 11 is 6.76. The molecule has 1 fully saturated rings. The zero-order valence-electron chi connectivity index (χ0n) is 27.7. The number of rotatable bonds is 9. The predicted molar refractivity (Wildman–Crippen MR) is 188 cm³/mol. The molecule has 5 rings (SSSR count). The number of halogens is 1. The summed E-state index contributed by atoms with van der Waals surface area (Å²) in [7, 11) is 2.70. The molecular formula is C38H36ClN5O5. The molecule has 0 aliphatic carbocycles. The third kappa shape index (κ3) is 7.86. The van der Waals surface area contributed by atoms with Crippen molar-refractivity contribution in [2.24, 2.45) is 0 Å². The van der Waals surface area contributed by atoms with Crippen LogP contribution in [0.3, 0.4) is 0 Å². The number of carbonyl (C=O) groups is 3. The van der Waals surface area contributed by atoms with Crippen molar-refractivity contribution >= 4 is 47.3 Å². The molecule has 1 aliphatic rings. The number of amides is 1. The Bertz CT molecular complexity index is 1970. The standard InChI is InChI=1S/C38H36ClN5O5/c1-23-18-25(31(39)19-27(23)22-44-17-6-5-10-35(44)38(47)49-4)11-13-33-30(20-40)29(15-16-41-33)28-8-7-9-32(24(28)2)43-36(45)34-14-12-26(21-42-34)37(46)48-3/h7-9,11-16,18-19,21,35H,5-6,10,17,22H2,1-4H3,(H,43,45)/b13-11+/t35-/m0/s1. The smallest absolute Gasteiger partial charge is 0.339 e. The highest BCUT2D eigenvalue weighted by Crippen LogP contribution is 2.33. The Hall–Kier alpha value is -5.37. The number of carbonyl (C=O) groups excluding carboxylic acids is 3. The van der Waals surface area contributed by atoms with E-state index in [9.17, 15) is 19.6 Å². The van der Waals surface area contributed by atoms with Crippen molar-refractivity contribution in [3.05, 3.63) is 111 Å². The van der Waals surface area contributed by atoms with Crippen LogP contribution in [0, 0.1) is 25.2 Å². The first-order valence-electron chi connectivity index (χ1n) is 15.8. The number of aromatic nitrogens is 2. The van der Waals surface area contributed by atoms with E-state index in [1.54, 1.807) is 30.5 Å². The number of aryl methyl sites for hydroxylation is 1. The average Bonchev–Trinajstić information content (AvgIpc) is 3.12. The minimum Gasteiger partial charge on any atom is -0.468 e. The highest BCUT2D eigenvalue weighted by molar-refractivity contribution is 6.32. The van der Waals surface area contributed by atoms with Crippen LogP contribution in [0.1, 0.15) is 73.6 Å². The molecule has 1 atom stereocenters. The first kappa shape index (κ1) is 35.0. The van der Waals surface area contributed by atoms with E-state index in [0.717, 1.165) is 53.6 Å². The fourth-order valence-corrected chi connectivity index (χ4v) is 6.23. The Balaban J connectivity index is 1.37. The summed E-state index contributed by atoms with van der Waals surface area (Å²) in [5.41, 5.74) is 6.75. The number of hydrogen-bond acceptors (Lipinski definition) is 9. The number of anilines is 1. The maximum Gasteiger partial charge on any atom is 0.339 e. The number of esters is 2. The van der Waals surface area contributed by atoms with Gasteiger partial charge in [0, 0.05) is 35.2 Å². The van der Waals surface area contributed by atoms with Crippen molar-refractivity contribution in [2.45, 2.75) is 45.7 Å². The van der Waals surface area contributed by atoms with Crippen molar-refractivity contribution in [3.8, 4) is 17.2 Å². The van der Waals surface area contributed by atoms with Gasteiger partial charge in [-0.3, -0.25) is 24.5 Å². The van der Waals surface area contributed by atoms with Crippen LogP contribution < -0.4 is 5.32 Å². The summed E-state index contributed by atoms with van der Waals surface area (Å²) in [6.45, 7) is 5.28. The number of benzene rings is 2. The van der Waals surface area contributed by atoms with Crippen LogP contribution in [0.15, 0.2) is 60.9 Å². The lowest BCUT2D eigenvalue weighted by molar-refractivity contribution is -0.148. The number of ether oxygens (including phenoxy) is 2. The summed E-state index contributed by atoms with van der Waals surface area (Å²) in [5.74, 6) is -1.20. The van der Waals surface area contributed by atoms with Gasteiger partial charge in [-0.25, -0.2) is 4.79 Å². The van der Waals surface area contributed by atoms with E-state index >= 15 is 0 Å². The number of nitriles is 1. The van der Waals surface area contributed by atoms with Gasteiger partial charge in [-0.15, -0.1) is 0 Å². The minimum atomic E-state index is -0.543. The van der Waals surface area contributed by atoms with E-state index in [2.05, 4.69) is 31.0 Å². The Morgan fingerprint density at radius 2 is 1.86 bits per heavy atom. The molecule has 1 saturated heterocycles. The van der Waals surface area contributed by atoms with E-state index in [0.29, 0.717) is 34.1 Å². The predicted octanol–water partition coefficient (Wildman–Crippen LogP) is 7.02. The molecule has 0 bridgehead atoms. The van der Waals surface area contributed by atoms with Gasteiger partial charge >= 0.3 is 11.9 Å². The van der Waals surface area contributed by atoms with E-state index in [1.807, 2.05) is 38.1 Å². The van der Waals surface area contributed by atoms with Gasteiger partial charge in [-0.05, 0) is 97.5 Å². The van der Waals surface area contributed by atoms with Crippen LogP contribution in [0.4, 0.5) is 5.69 Å². The largest absolute Gasteiger partial charge is 0.468 e. The maximum absolute atomic E-state index is 13.0. The van der Waals surface area contributed by atoms with E-state index in [1.165, 1.54) is 32.5 Å². The summed E-state index contributed by atoms with van der Waals surface area (Å²) in [6.07, 6.45) is 9.33. The molecular weight excluding hydrogens is 642 g/mol. The quantitative estimate of drug-likeness (QED) is 0.185. The van der Waals surface area contributed by atoms with Crippen LogP contribution in [-0.4, -0.2) is 59.5 Å². The first-order valence-corrected chi connectivity index (χ1v) is 16.2. The number of nitrogens with zero attached hydrogens (tertiary/aromatic N) is 4. The maximum atomic E-state index is 13.0. The number of piperidine rings is 1. The molecule has 0 unspecified atom stereocenters. The molecule has 1 N–H and O–H groups in total. The Kier molecular flexibility index (Phi) is 11.2. The normalized spacial score (nSPS) is 14.7. The van der Waals surface area contributed by atoms with E-state index < -0.39 is 11.9 Å². The van der Waals surface area contributed by atoms with Crippen LogP contribution in [-0.2, 0) is 20.8 Å². The zero-order chi connectivity index (χ0) is 35.1. The number of nitrogens with one attached hydrogen (secondary N) is 1. The molecule has 0 radical (unpaired) electrons. The SMILES string of the molecule is COC(=O)c1ccc(C(=O)Nc2cccc(-c3ccnc(/C=C/c4cc(C)c(CN5CCCC[C@H]5C(=O)OC)cc4Cl)c3C#N)c2C)nc1. The second kappa shape index (κ2) is 15.7. The average molecular weight is 678 g/mol. The van der Waals surface area contributed by atoms with Crippen LogP contribution in [0.25, 0.3) is 23.3 Å². The van der Waals surface area contributed by atoms with Crippen LogP contribution >= 0.6 is 11.6 Å². The van der Waals surface area contributed by atoms with Gasteiger partial charge in [0.1, 0.15) is 17.8 Å². The fraction of sp³-hybridized carbons (Fsp3) is 0.263. The van der Waals surface area contributed by atoms with Gasteiger partial charge in [-0.2, -0.15) is 5.26 Å². The molecule has 2 aromatic heterocycles. The van der Waals surface area contributed by atoms with Crippen LogP contribution in [0.5, 0.6) is 0 Å². The summed E-state index contributed by atoms with van der Waals surface area (Å²) in [5, 5.41) is 13.7. The molecule has 2 aromatic carbocycles. The van der Waals surface area contributed by atoms with Crippen molar-refractivity contribution in [2.75, 3.05) is 26.1 Å². The molecule has 4 aromatic rings. The molecule has 0 spiro atoms. The summed E-state index contributed by atoms with van der Waals surface area (Å²) < 4.78 is 9.73. The molecule has 0 saturated carbocycles. The van der Waals surface area contributed by atoms with Gasteiger partial charge in [0.2, 0.25) is 0 Å². The van der Waals surface area contributed by atoms with Crippen molar-refractivity contribution in [1.29, 1.82) is 5.26 Å². The Morgan fingerprint density at radius 3 is 2.57 bits per heavy atom. The number of methoxy groups -OCH3 is 2. The highest BCUT2D eigenvalue weighted by atomic mass is 35.5. The van der Waals surface area contributed by atoms with Gasteiger partial charge in [0.25, 0.3) is 5.91 Å². The summed E-state index contributed by atoms with van der Waals surface area (Å²) in [4.78, 5) is 47.8. The Morgan fingerprint density at radius 1 is 1.04 bits per heavy atom. The molecule has 1 amide bonds. The lowest BCUT2D eigenvalue weighted by Crippen LogP contribution is -2.44. The molecule has 49 heavy (non-hydrogen) atoms. The Labute approximate surface area is 290 Å². The monoisotopic (exact) mass is 677 g/mol. The summed E-state index contributed by atoms with van der Waals surface area (Å²) in [6, 6.07) is 16.1. The first-order chi connectivity index (χ1) is 23.6. The van der Waals surface area contributed by atoms with E-state index in [4.69, 9.17) is 16.3 Å².